The van der Waals surface area contributed by atoms with Crippen LogP contribution in [0.3, 0.4) is 0 Å². The average molecular weight is 202 g/mol. The summed E-state index contributed by atoms with van der Waals surface area (Å²) in [5.74, 6) is -0.543. The van der Waals surface area contributed by atoms with Crippen LogP contribution >= 0.6 is 0 Å². The van der Waals surface area contributed by atoms with Crippen LogP contribution in [-0.2, 0) is 19.0 Å². The number of carbonyl (C=O) groups excluding carboxylic acids is 1. The van der Waals surface area contributed by atoms with Gasteiger partial charge in [-0.2, -0.15) is 0 Å². The molecule has 0 radical (unpaired) electrons. The number of ether oxygens (including phenoxy) is 3. The minimum Gasteiger partial charge on any atom is -0.456 e. The monoisotopic (exact) mass is 202 g/mol. The number of carbonyl (C=O) groups is 1. The Labute approximate surface area is 81.9 Å². The van der Waals surface area contributed by atoms with E-state index in [0.29, 0.717) is 0 Å². The summed E-state index contributed by atoms with van der Waals surface area (Å²) in [7, 11) is 1.50. The molecule has 2 heterocycles. The average Bonchev–Trinajstić information content (AvgIpc) is 2.66. The third kappa shape index (κ3) is 1.24. The number of fused-ring (bicyclic) bond motifs is 1. The summed E-state index contributed by atoms with van der Waals surface area (Å²) in [6, 6.07) is 0. The summed E-state index contributed by atoms with van der Waals surface area (Å²) in [5.41, 5.74) is 0. The van der Waals surface area contributed by atoms with Gasteiger partial charge in [0.1, 0.15) is 0 Å². The summed E-state index contributed by atoms with van der Waals surface area (Å²) in [4.78, 5) is 11.3. The molecule has 2 aliphatic rings. The quantitative estimate of drug-likeness (QED) is 0.613. The Morgan fingerprint density at radius 2 is 2.29 bits per heavy atom. The van der Waals surface area contributed by atoms with Crippen molar-refractivity contribution >= 4 is 5.97 Å². The molecule has 2 fully saturated rings. The van der Waals surface area contributed by atoms with Crippen molar-refractivity contribution in [3.63, 3.8) is 0 Å². The van der Waals surface area contributed by atoms with E-state index in [0.717, 1.165) is 0 Å². The van der Waals surface area contributed by atoms with E-state index in [1.54, 1.807) is 6.92 Å². The molecule has 2 saturated heterocycles. The molecule has 0 aromatic heterocycles. The smallest absolute Gasteiger partial charge is 0.309 e. The van der Waals surface area contributed by atoms with Crippen LogP contribution in [0.5, 0.6) is 0 Å². The van der Waals surface area contributed by atoms with Crippen LogP contribution in [0.1, 0.15) is 6.92 Å². The fourth-order valence-corrected chi connectivity index (χ4v) is 2.23. The second-order valence-electron chi connectivity index (χ2n) is 3.73. The molecule has 5 heteroatoms. The maximum absolute atomic E-state index is 11.3. The van der Waals surface area contributed by atoms with Gasteiger partial charge in [0.05, 0.1) is 18.6 Å². The van der Waals surface area contributed by atoms with Crippen LogP contribution in [0.2, 0.25) is 0 Å². The molecule has 0 aromatic carbocycles. The first-order chi connectivity index (χ1) is 6.69. The van der Waals surface area contributed by atoms with E-state index in [9.17, 15) is 4.79 Å². The highest BCUT2D eigenvalue weighted by Gasteiger charge is 2.56. The van der Waals surface area contributed by atoms with E-state index in [-0.39, 0.29) is 36.6 Å². The van der Waals surface area contributed by atoms with Crippen molar-refractivity contribution < 1.29 is 24.1 Å². The number of hydrogen-bond donors (Lipinski definition) is 1. The summed E-state index contributed by atoms with van der Waals surface area (Å²) in [6.07, 6.45) is -1.25. The Morgan fingerprint density at radius 1 is 1.57 bits per heavy atom. The highest BCUT2D eigenvalue weighted by Crippen LogP contribution is 2.40. The van der Waals surface area contributed by atoms with Crippen molar-refractivity contribution in [3.05, 3.63) is 0 Å². The lowest BCUT2D eigenvalue weighted by Crippen LogP contribution is -2.28. The molecule has 80 valence electrons. The van der Waals surface area contributed by atoms with Crippen LogP contribution in [0, 0.1) is 11.8 Å². The Balaban J connectivity index is 2.19. The predicted octanol–water partition coefficient (Wildman–Crippen LogP) is -0.472. The minimum absolute atomic E-state index is 0.0857. The van der Waals surface area contributed by atoms with Crippen LogP contribution in [-0.4, -0.2) is 43.3 Å². The van der Waals surface area contributed by atoms with E-state index in [1.165, 1.54) is 7.11 Å². The first kappa shape index (κ1) is 9.89. The molecule has 5 nitrogen and oxygen atoms in total. The second-order valence-corrected chi connectivity index (χ2v) is 3.73. The van der Waals surface area contributed by atoms with E-state index >= 15 is 0 Å². The SMILES string of the molecule is CO[C@H]1O[C@@H](CO)[C@@H]2[C@H]1OC(=O)[C@H]2C. The lowest BCUT2D eigenvalue weighted by atomic mass is 9.89. The molecule has 2 rings (SSSR count). The molecule has 0 bridgehead atoms. The maximum atomic E-state index is 11.3. The van der Waals surface area contributed by atoms with Crippen LogP contribution in [0.25, 0.3) is 0 Å². The van der Waals surface area contributed by atoms with Crippen molar-refractivity contribution in [1.82, 2.24) is 0 Å². The van der Waals surface area contributed by atoms with Gasteiger partial charge in [0.2, 0.25) is 0 Å². The lowest BCUT2D eigenvalue weighted by Gasteiger charge is -2.15. The van der Waals surface area contributed by atoms with Crippen molar-refractivity contribution in [2.45, 2.75) is 25.4 Å². The van der Waals surface area contributed by atoms with Crippen molar-refractivity contribution in [2.75, 3.05) is 13.7 Å². The minimum atomic E-state index is -0.536. The largest absolute Gasteiger partial charge is 0.456 e. The predicted molar refractivity (Wildman–Crippen MR) is 45.3 cm³/mol. The standard InChI is InChI=1S/C9H14O5/c1-4-6-5(3-10)13-9(12-2)7(6)14-8(4)11/h4-7,9-10H,3H2,1-2H3/t4-,5-,6+,7+,9-/m0/s1. The highest BCUT2D eigenvalue weighted by molar-refractivity contribution is 5.75. The van der Waals surface area contributed by atoms with Gasteiger partial charge in [-0.3, -0.25) is 4.79 Å². The van der Waals surface area contributed by atoms with Crippen LogP contribution in [0.4, 0.5) is 0 Å². The second kappa shape index (κ2) is 3.49. The number of rotatable bonds is 2. The molecule has 1 N–H and O–H groups in total. The van der Waals surface area contributed by atoms with Gasteiger partial charge in [0.15, 0.2) is 12.4 Å². The van der Waals surface area contributed by atoms with Gasteiger partial charge in [-0.15, -0.1) is 0 Å². The fourth-order valence-electron chi connectivity index (χ4n) is 2.23. The Bertz CT molecular complexity index is 241. The third-order valence-corrected chi connectivity index (χ3v) is 3.00. The molecule has 14 heavy (non-hydrogen) atoms. The topological polar surface area (TPSA) is 65.0 Å². The molecule has 0 amide bonds. The zero-order chi connectivity index (χ0) is 10.3. The first-order valence-electron chi connectivity index (χ1n) is 4.68. The zero-order valence-corrected chi connectivity index (χ0v) is 8.17. The molecule has 2 aliphatic heterocycles. The summed E-state index contributed by atoms with van der Waals surface area (Å²) in [5, 5.41) is 9.08. The lowest BCUT2D eigenvalue weighted by molar-refractivity contribution is -0.178. The maximum Gasteiger partial charge on any atom is 0.309 e. The van der Waals surface area contributed by atoms with E-state index in [4.69, 9.17) is 19.3 Å². The Kier molecular flexibility index (Phi) is 2.47. The third-order valence-electron chi connectivity index (χ3n) is 3.00. The number of aliphatic hydroxyl groups excluding tert-OH is 1. The van der Waals surface area contributed by atoms with Crippen molar-refractivity contribution in [2.24, 2.45) is 11.8 Å². The zero-order valence-electron chi connectivity index (χ0n) is 8.17. The molecule has 5 atom stereocenters. The van der Waals surface area contributed by atoms with Gasteiger partial charge in [-0.05, 0) is 0 Å². The Hall–Kier alpha value is -0.650. The van der Waals surface area contributed by atoms with E-state index in [1.807, 2.05) is 0 Å². The van der Waals surface area contributed by atoms with Gasteiger partial charge in [-0.25, -0.2) is 0 Å². The normalized spacial score (nSPS) is 46.5. The first-order valence-corrected chi connectivity index (χ1v) is 4.68. The summed E-state index contributed by atoms with van der Waals surface area (Å²) < 4.78 is 15.6. The summed E-state index contributed by atoms with van der Waals surface area (Å²) in [6.45, 7) is 1.68. The van der Waals surface area contributed by atoms with Gasteiger partial charge in [0, 0.05) is 13.0 Å². The fraction of sp³-hybridized carbons (Fsp3) is 0.889. The van der Waals surface area contributed by atoms with Gasteiger partial charge in [-0.1, -0.05) is 6.92 Å². The molecule has 0 aromatic rings. The van der Waals surface area contributed by atoms with Crippen LogP contribution in [0.15, 0.2) is 0 Å². The Morgan fingerprint density at radius 3 is 2.86 bits per heavy atom. The molecule has 0 saturated carbocycles. The highest BCUT2D eigenvalue weighted by atomic mass is 16.7. The van der Waals surface area contributed by atoms with Gasteiger partial charge in [0.25, 0.3) is 0 Å². The molecular weight excluding hydrogens is 188 g/mol. The molecule has 0 spiro atoms. The number of esters is 1. The number of aliphatic hydroxyl groups is 1. The van der Waals surface area contributed by atoms with Gasteiger partial charge >= 0.3 is 5.97 Å². The van der Waals surface area contributed by atoms with Crippen molar-refractivity contribution in [3.8, 4) is 0 Å². The molecule has 0 unspecified atom stereocenters. The van der Waals surface area contributed by atoms with Crippen molar-refractivity contribution in [1.29, 1.82) is 0 Å². The van der Waals surface area contributed by atoms with E-state index < -0.39 is 6.29 Å². The number of hydrogen-bond acceptors (Lipinski definition) is 5. The molecular formula is C9H14O5. The van der Waals surface area contributed by atoms with Gasteiger partial charge < -0.3 is 19.3 Å². The summed E-state index contributed by atoms with van der Waals surface area (Å²) >= 11 is 0. The number of methoxy groups -OCH3 is 1. The van der Waals surface area contributed by atoms with E-state index in [2.05, 4.69) is 0 Å². The van der Waals surface area contributed by atoms with Crippen LogP contribution < -0.4 is 0 Å². The molecule has 0 aliphatic carbocycles.